The molecule has 1 aromatic rings. The van der Waals surface area contributed by atoms with Gasteiger partial charge in [0.15, 0.2) is 0 Å². The van der Waals surface area contributed by atoms with E-state index in [0.717, 1.165) is 0 Å². The molecule has 3 amide bonds. The minimum atomic E-state index is -1.72. The highest BCUT2D eigenvalue weighted by atomic mass is 32.2. The Morgan fingerprint density at radius 1 is 0.946 bits per heavy atom. The summed E-state index contributed by atoms with van der Waals surface area (Å²) in [5.41, 5.74) is 6.47. The van der Waals surface area contributed by atoms with E-state index in [1.165, 1.54) is 36.0 Å². The summed E-state index contributed by atoms with van der Waals surface area (Å²) in [4.78, 5) is 61.4. The van der Waals surface area contributed by atoms with Crippen LogP contribution in [0.5, 0.6) is 5.75 Å². The molecule has 0 saturated carbocycles. The van der Waals surface area contributed by atoms with Gasteiger partial charge in [-0.3, -0.25) is 19.2 Å². The van der Waals surface area contributed by atoms with Crippen molar-refractivity contribution in [1.82, 2.24) is 16.0 Å². The molecule has 37 heavy (non-hydrogen) atoms. The standard InChI is InChI=1S/C24H36N4O8S/c1-4-13(2)20(28-21(32)16(25)9-10-37-3)23(34)26-17(11-14-5-7-15(29)8-6-14)22(33)27-18(24(35)36)12-19(30)31/h5-8,13,16-18,20,29H,4,9-12,25H2,1-3H3,(H,26,34)(H,27,33)(H,28,32)(H,30,31)(H,35,36). The lowest BCUT2D eigenvalue weighted by Crippen LogP contribution is -2.59. The first kappa shape index (κ1) is 31.7. The van der Waals surface area contributed by atoms with Gasteiger partial charge in [0, 0.05) is 6.42 Å². The van der Waals surface area contributed by atoms with Gasteiger partial charge < -0.3 is 37.0 Å². The summed E-state index contributed by atoms with van der Waals surface area (Å²) in [6, 6.07) is 0.935. The van der Waals surface area contributed by atoms with Gasteiger partial charge in [0.25, 0.3) is 0 Å². The molecule has 0 heterocycles. The highest BCUT2D eigenvalue weighted by Crippen LogP contribution is 2.14. The van der Waals surface area contributed by atoms with Crippen molar-refractivity contribution in [3.63, 3.8) is 0 Å². The van der Waals surface area contributed by atoms with E-state index in [-0.39, 0.29) is 18.1 Å². The molecule has 13 heteroatoms. The van der Waals surface area contributed by atoms with Gasteiger partial charge in [0.2, 0.25) is 17.7 Å². The maximum atomic E-state index is 13.3. The Labute approximate surface area is 219 Å². The van der Waals surface area contributed by atoms with E-state index in [1.54, 1.807) is 6.92 Å². The van der Waals surface area contributed by atoms with Gasteiger partial charge in [-0.25, -0.2) is 4.79 Å². The zero-order chi connectivity index (χ0) is 28.1. The highest BCUT2D eigenvalue weighted by Gasteiger charge is 2.33. The number of phenolic OH excluding ortho intramolecular Hbond substituents is 1. The molecule has 0 aliphatic heterocycles. The van der Waals surface area contributed by atoms with Gasteiger partial charge in [-0.05, 0) is 42.0 Å². The van der Waals surface area contributed by atoms with Gasteiger partial charge >= 0.3 is 11.9 Å². The first-order valence-corrected chi connectivity index (χ1v) is 13.2. The Kier molecular flexibility index (Phi) is 13.5. The monoisotopic (exact) mass is 540 g/mol. The van der Waals surface area contributed by atoms with Crippen LogP contribution in [0.15, 0.2) is 24.3 Å². The first-order chi connectivity index (χ1) is 17.4. The van der Waals surface area contributed by atoms with Crippen molar-refractivity contribution < 1.29 is 39.3 Å². The number of benzene rings is 1. The van der Waals surface area contributed by atoms with Gasteiger partial charge in [-0.1, -0.05) is 32.4 Å². The van der Waals surface area contributed by atoms with Crippen LogP contribution >= 0.6 is 11.8 Å². The van der Waals surface area contributed by atoms with Crippen LogP contribution in [0.25, 0.3) is 0 Å². The SMILES string of the molecule is CCC(C)C(NC(=O)C(N)CCSC)C(=O)NC(Cc1ccc(O)cc1)C(=O)NC(CC(=O)O)C(=O)O. The molecule has 0 bridgehead atoms. The van der Waals surface area contributed by atoms with Crippen molar-refractivity contribution in [3.8, 4) is 5.75 Å². The lowest BCUT2D eigenvalue weighted by Gasteiger charge is -2.28. The van der Waals surface area contributed by atoms with Crippen LogP contribution < -0.4 is 21.7 Å². The van der Waals surface area contributed by atoms with Crippen LogP contribution in [0.3, 0.4) is 0 Å². The minimum absolute atomic E-state index is 0.0152. The number of carboxylic acids is 2. The van der Waals surface area contributed by atoms with Crippen molar-refractivity contribution in [1.29, 1.82) is 0 Å². The molecule has 0 aromatic heterocycles. The Morgan fingerprint density at radius 2 is 1.54 bits per heavy atom. The molecule has 0 fully saturated rings. The third-order valence-corrected chi connectivity index (χ3v) is 6.41. The van der Waals surface area contributed by atoms with E-state index in [0.29, 0.717) is 24.2 Å². The number of aliphatic carboxylic acids is 2. The van der Waals surface area contributed by atoms with E-state index in [4.69, 9.17) is 10.8 Å². The number of nitrogens with one attached hydrogen (secondary N) is 3. The average molecular weight is 541 g/mol. The lowest BCUT2D eigenvalue weighted by molar-refractivity contribution is -0.147. The number of thioether (sulfide) groups is 1. The van der Waals surface area contributed by atoms with Gasteiger partial charge in [-0.15, -0.1) is 0 Å². The number of amides is 3. The van der Waals surface area contributed by atoms with Crippen molar-refractivity contribution in [2.24, 2.45) is 11.7 Å². The molecule has 0 radical (unpaired) electrons. The summed E-state index contributed by atoms with van der Waals surface area (Å²) in [6.07, 6.45) is 1.86. The van der Waals surface area contributed by atoms with Gasteiger partial charge in [-0.2, -0.15) is 11.8 Å². The maximum absolute atomic E-state index is 13.3. The number of hydrogen-bond donors (Lipinski definition) is 7. The van der Waals surface area contributed by atoms with Crippen molar-refractivity contribution in [2.45, 2.75) is 63.7 Å². The number of carboxylic acid groups (broad SMARTS) is 2. The van der Waals surface area contributed by atoms with E-state index >= 15 is 0 Å². The summed E-state index contributed by atoms with van der Waals surface area (Å²) in [5, 5.41) is 35.2. The predicted molar refractivity (Wildman–Crippen MR) is 138 cm³/mol. The van der Waals surface area contributed by atoms with Crippen molar-refractivity contribution in [3.05, 3.63) is 29.8 Å². The summed E-state index contributed by atoms with van der Waals surface area (Å²) < 4.78 is 0. The average Bonchev–Trinajstić information content (AvgIpc) is 2.84. The molecular formula is C24H36N4O8S. The number of carbonyl (C=O) groups is 5. The Bertz CT molecular complexity index is 943. The van der Waals surface area contributed by atoms with Crippen LogP contribution in [0, 0.1) is 5.92 Å². The van der Waals surface area contributed by atoms with E-state index in [2.05, 4.69) is 16.0 Å². The first-order valence-electron chi connectivity index (χ1n) is 11.8. The number of nitrogens with two attached hydrogens (primary N) is 1. The fraction of sp³-hybridized carbons (Fsp3) is 0.542. The molecule has 8 N–H and O–H groups in total. The molecule has 0 aliphatic rings. The Balaban J connectivity index is 3.17. The van der Waals surface area contributed by atoms with Crippen molar-refractivity contribution >= 4 is 41.4 Å². The van der Waals surface area contributed by atoms with Crippen molar-refractivity contribution in [2.75, 3.05) is 12.0 Å². The van der Waals surface area contributed by atoms with Crippen LogP contribution in [0.1, 0.15) is 38.7 Å². The lowest BCUT2D eigenvalue weighted by atomic mass is 9.96. The predicted octanol–water partition coefficient (Wildman–Crippen LogP) is 0.0749. The van der Waals surface area contributed by atoms with E-state index in [1.807, 2.05) is 13.2 Å². The zero-order valence-corrected chi connectivity index (χ0v) is 21.9. The molecule has 1 aromatic carbocycles. The van der Waals surface area contributed by atoms with Crippen LogP contribution in [0.2, 0.25) is 0 Å². The topological polar surface area (TPSA) is 208 Å². The molecule has 12 nitrogen and oxygen atoms in total. The number of phenols is 1. The second-order valence-corrected chi connectivity index (χ2v) is 9.67. The third kappa shape index (κ3) is 11.1. The summed E-state index contributed by atoms with van der Waals surface area (Å²) >= 11 is 1.53. The molecule has 5 atom stereocenters. The quantitative estimate of drug-likeness (QED) is 0.150. The molecule has 1 rings (SSSR count). The molecule has 206 valence electrons. The van der Waals surface area contributed by atoms with E-state index < -0.39 is 60.2 Å². The Hall–Kier alpha value is -3.32. The molecular weight excluding hydrogens is 504 g/mol. The third-order valence-electron chi connectivity index (χ3n) is 5.77. The normalized spacial score (nSPS) is 14.9. The minimum Gasteiger partial charge on any atom is -0.508 e. The number of rotatable bonds is 16. The smallest absolute Gasteiger partial charge is 0.326 e. The fourth-order valence-electron chi connectivity index (χ4n) is 3.32. The van der Waals surface area contributed by atoms with Gasteiger partial charge in [0.1, 0.15) is 23.9 Å². The molecule has 0 spiro atoms. The number of carbonyl (C=O) groups excluding carboxylic acids is 3. The molecule has 0 saturated heterocycles. The summed E-state index contributed by atoms with van der Waals surface area (Å²) in [6.45, 7) is 3.58. The van der Waals surface area contributed by atoms with Gasteiger partial charge in [0.05, 0.1) is 12.5 Å². The second kappa shape index (κ2) is 15.7. The Morgan fingerprint density at radius 3 is 2.05 bits per heavy atom. The zero-order valence-electron chi connectivity index (χ0n) is 21.1. The second-order valence-electron chi connectivity index (χ2n) is 8.69. The summed E-state index contributed by atoms with van der Waals surface area (Å²) in [5.74, 6) is -4.76. The largest absolute Gasteiger partial charge is 0.508 e. The van der Waals surface area contributed by atoms with Crippen LogP contribution in [-0.2, 0) is 30.4 Å². The van der Waals surface area contributed by atoms with E-state index in [9.17, 15) is 34.2 Å². The van der Waals surface area contributed by atoms with Crippen LogP contribution in [-0.4, -0.2) is 81.2 Å². The maximum Gasteiger partial charge on any atom is 0.326 e. The fourth-order valence-corrected chi connectivity index (χ4v) is 3.81. The highest BCUT2D eigenvalue weighted by molar-refractivity contribution is 7.98. The number of aromatic hydroxyl groups is 1. The molecule has 5 unspecified atom stereocenters. The van der Waals surface area contributed by atoms with Crippen LogP contribution in [0.4, 0.5) is 0 Å². The summed E-state index contributed by atoms with van der Waals surface area (Å²) in [7, 11) is 0. The molecule has 0 aliphatic carbocycles. The number of hydrogen-bond acceptors (Lipinski definition) is 8.